The van der Waals surface area contributed by atoms with Crippen molar-refractivity contribution in [2.45, 2.75) is 30.3 Å². The number of anilines is 1. The minimum absolute atomic E-state index is 0.0320. The first-order chi connectivity index (χ1) is 18.1. The zero-order valence-electron chi connectivity index (χ0n) is 20.8. The van der Waals surface area contributed by atoms with Crippen molar-refractivity contribution >= 4 is 22.3 Å². The fourth-order valence-electron chi connectivity index (χ4n) is 4.84. The average Bonchev–Trinajstić information content (AvgIpc) is 2.90. The Morgan fingerprint density at radius 1 is 0.921 bits per heavy atom. The third kappa shape index (κ3) is 5.77. The number of nitrogens with one attached hydrogen (secondary N) is 1. The van der Waals surface area contributed by atoms with Crippen LogP contribution in [0, 0.1) is 0 Å². The topological polar surface area (TPSA) is 75.7 Å². The zero-order valence-corrected chi connectivity index (χ0v) is 21.7. The maximum absolute atomic E-state index is 15.0. The number of hydrogen-bond acceptors (Lipinski definition) is 5. The second-order valence-electron chi connectivity index (χ2n) is 9.18. The predicted molar refractivity (Wildman–Crippen MR) is 140 cm³/mol. The molecule has 1 heterocycles. The summed E-state index contributed by atoms with van der Waals surface area (Å²) >= 11 is 0. The zero-order chi connectivity index (χ0) is 27.3. The van der Waals surface area contributed by atoms with Crippen molar-refractivity contribution in [3.8, 4) is 0 Å². The van der Waals surface area contributed by atoms with Gasteiger partial charge in [-0.3, -0.25) is 9.69 Å². The number of carbonyl (C=O) groups is 1. The number of morpholine rings is 1. The van der Waals surface area contributed by atoms with Crippen molar-refractivity contribution in [1.82, 2.24) is 4.90 Å². The molecular weight excluding hydrogens is 517 g/mol. The minimum Gasteiger partial charge on any atom is -0.379 e. The van der Waals surface area contributed by atoms with Gasteiger partial charge in [-0.25, -0.2) is 8.42 Å². The highest BCUT2D eigenvalue weighted by Crippen LogP contribution is 2.49. The molecule has 2 atom stereocenters. The molecule has 0 aliphatic carbocycles. The smallest absolute Gasteiger partial charge is 0.379 e. The SMILES string of the molecule is CC(c1ccc(CC(=O)Nc2ccc(C(c3ccccc3)(N3CCOCC3)C(F)(F)F)cc2)cc1)[SH](=O)=O. The van der Waals surface area contributed by atoms with Gasteiger partial charge < -0.3 is 10.1 Å². The largest absolute Gasteiger partial charge is 0.415 e. The van der Waals surface area contributed by atoms with Gasteiger partial charge in [0, 0.05) is 18.8 Å². The standard InChI is InChI=1S/C28H29F3N2O4S/c1-20(38(35)36)22-9-7-21(8-10-22)19-26(34)32-25-13-11-24(12-14-25)27(28(29,30)31,23-5-3-2-4-6-23)33-15-17-37-18-16-33/h2-14,20,38H,15-19H2,1H3,(H,32,34). The van der Waals surface area contributed by atoms with Crippen LogP contribution in [0.5, 0.6) is 0 Å². The normalized spacial score (nSPS) is 17.1. The third-order valence-electron chi connectivity index (χ3n) is 6.82. The van der Waals surface area contributed by atoms with Gasteiger partial charge in [0.1, 0.15) is 10.7 Å². The highest BCUT2D eigenvalue weighted by Gasteiger charge is 2.60. The van der Waals surface area contributed by atoms with E-state index in [9.17, 15) is 13.2 Å². The fraction of sp³-hybridized carbons (Fsp3) is 0.321. The Kier molecular flexibility index (Phi) is 8.54. The highest BCUT2D eigenvalue weighted by molar-refractivity contribution is 7.72. The molecule has 1 saturated heterocycles. The molecule has 0 radical (unpaired) electrons. The van der Waals surface area contributed by atoms with Crippen molar-refractivity contribution in [3.05, 3.63) is 101 Å². The maximum atomic E-state index is 15.0. The molecule has 3 aromatic rings. The lowest BCUT2D eigenvalue weighted by Gasteiger charge is -2.47. The van der Waals surface area contributed by atoms with Gasteiger partial charge in [0.15, 0.2) is 5.54 Å². The molecule has 10 heteroatoms. The van der Waals surface area contributed by atoms with Gasteiger partial charge in [0.2, 0.25) is 5.91 Å². The number of rotatable bonds is 8. The Morgan fingerprint density at radius 2 is 1.50 bits per heavy atom. The molecule has 1 aliphatic rings. The molecule has 1 amide bonds. The monoisotopic (exact) mass is 546 g/mol. The van der Waals surface area contributed by atoms with Gasteiger partial charge in [0.05, 0.1) is 24.9 Å². The van der Waals surface area contributed by atoms with Gasteiger partial charge in [-0.15, -0.1) is 0 Å². The number of amides is 1. The third-order valence-corrected chi connectivity index (χ3v) is 7.75. The van der Waals surface area contributed by atoms with Crippen LogP contribution in [-0.2, 0) is 32.2 Å². The highest BCUT2D eigenvalue weighted by atomic mass is 32.2. The Hall–Kier alpha value is -3.21. The minimum atomic E-state index is -4.63. The molecule has 0 spiro atoms. The van der Waals surface area contributed by atoms with Gasteiger partial charge in [-0.05, 0) is 41.3 Å². The van der Waals surface area contributed by atoms with Gasteiger partial charge in [-0.1, -0.05) is 66.7 Å². The van der Waals surface area contributed by atoms with Crippen molar-refractivity contribution in [1.29, 1.82) is 0 Å². The van der Waals surface area contributed by atoms with Crippen LogP contribution in [-0.4, -0.2) is 51.7 Å². The molecule has 202 valence electrons. The van der Waals surface area contributed by atoms with E-state index in [-0.39, 0.29) is 49.8 Å². The summed E-state index contributed by atoms with van der Waals surface area (Å²) in [6.45, 7) is 2.23. The summed E-state index contributed by atoms with van der Waals surface area (Å²) in [5.41, 5.74) is -0.508. The van der Waals surface area contributed by atoms with Crippen molar-refractivity contribution < 1.29 is 31.1 Å². The van der Waals surface area contributed by atoms with Crippen LogP contribution in [0.4, 0.5) is 18.9 Å². The van der Waals surface area contributed by atoms with E-state index >= 15 is 13.2 Å². The van der Waals surface area contributed by atoms with Crippen molar-refractivity contribution in [2.75, 3.05) is 31.6 Å². The van der Waals surface area contributed by atoms with Crippen molar-refractivity contribution in [3.63, 3.8) is 0 Å². The van der Waals surface area contributed by atoms with Crippen LogP contribution >= 0.6 is 0 Å². The van der Waals surface area contributed by atoms with Crippen LogP contribution in [0.15, 0.2) is 78.9 Å². The Labute approximate surface area is 221 Å². The number of halogens is 3. The predicted octanol–water partition coefficient (Wildman–Crippen LogP) is 4.68. The summed E-state index contributed by atoms with van der Waals surface area (Å²) in [5.74, 6) is -0.341. The van der Waals surface area contributed by atoms with E-state index in [2.05, 4.69) is 5.32 Å². The van der Waals surface area contributed by atoms with E-state index in [1.165, 1.54) is 41.3 Å². The first-order valence-electron chi connectivity index (χ1n) is 12.2. The number of thiol groups is 1. The average molecular weight is 547 g/mol. The van der Waals surface area contributed by atoms with Crippen LogP contribution in [0.1, 0.15) is 34.4 Å². The number of benzene rings is 3. The van der Waals surface area contributed by atoms with E-state index in [1.807, 2.05) is 0 Å². The maximum Gasteiger partial charge on any atom is 0.415 e. The molecule has 4 rings (SSSR count). The van der Waals surface area contributed by atoms with Crippen molar-refractivity contribution in [2.24, 2.45) is 0 Å². The molecule has 2 unspecified atom stereocenters. The van der Waals surface area contributed by atoms with E-state index < -0.39 is 27.7 Å². The van der Waals surface area contributed by atoms with Crippen LogP contribution in [0.2, 0.25) is 0 Å². The van der Waals surface area contributed by atoms with Crippen LogP contribution in [0.3, 0.4) is 0 Å². The summed E-state index contributed by atoms with van der Waals surface area (Å²) in [7, 11) is -2.59. The number of ether oxygens (including phenoxy) is 1. The summed E-state index contributed by atoms with van der Waals surface area (Å²) in [4.78, 5) is 14.0. The van der Waals surface area contributed by atoms with Crippen LogP contribution < -0.4 is 5.32 Å². The molecule has 0 saturated carbocycles. The quantitative estimate of drug-likeness (QED) is 0.402. The summed E-state index contributed by atoms with van der Waals surface area (Å²) in [5, 5.41) is 2.11. The second kappa shape index (κ2) is 11.7. The molecule has 6 nitrogen and oxygen atoms in total. The first kappa shape index (κ1) is 27.8. The molecule has 0 aromatic heterocycles. The van der Waals surface area contributed by atoms with Gasteiger partial charge >= 0.3 is 6.18 Å². The molecule has 0 bridgehead atoms. The Balaban J connectivity index is 1.57. The number of hydrogen-bond donors (Lipinski definition) is 2. The lowest BCUT2D eigenvalue weighted by Crippen LogP contribution is -2.60. The summed E-state index contributed by atoms with van der Waals surface area (Å²) in [6, 6.07) is 20.3. The fourth-order valence-corrected chi connectivity index (χ4v) is 5.25. The van der Waals surface area contributed by atoms with E-state index in [0.717, 1.165) is 0 Å². The molecule has 1 aliphatic heterocycles. The Morgan fingerprint density at radius 3 is 2.05 bits per heavy atom. The summed E-state index contributed by atoms with van der Waals surface area (Å²) < 4.78 is 72.8. The Bertz CT molecular complexity index is 1300. The van der Waals surface area contributed by atoms with Gasteiger partial charge in [-0.2, -0.15) is 13.2 Å². The van der Waals surface area contributed by atoms with Crippen LogP contribution in [0.25, 0.3) is 0 Å². The van der Waals surface area contributed by atoms with E-state index in [1.54, 1.807) is 49.4 Å². The molecule has 1 fully saturated rings. The molecular formula is C28H29F3N2O4S. The van der Waals surface area contributed by atoms with E-state index in [4.69, 9.17) is 4.74 Å². The second-order valence-corrected chi connectivity index (χ2v) is 10.5. The number of carbonyl (C=O) groups excluding carboxylic acids is 1. The summed E-state index contributed by atoms with van der Waals surface area (Å²) in [6.07, 6.45) is -4.59. The first-order valence-corrected chi connectivity index (χ1v) is 13.5. The molecule has 1 N–H and O–H groups in total. The lowest BCUT2D eigenvalue weighted by atomic mass is 9.80. The van der Waals surface area contributed by atoms with Gasteiger partial charge in [0.25, 0.3) is 0 Å². The van der Waals surface area contributed by atoms with E-state index in [0.29, 0.717) is 16.8 Å². The number of nitrogens with zero attached hydrogens (tertiary/aromatic N) is 1. The lowest BCUT2D eigenvalue weighted by molar-refractivity contribution is -0.231. The molecule has 3 aromatic carbocycles. The molecule has 38 heavy (non-hydrogen) atoms. The number of alkyl halides is 3.